The van der Waals surface area contributed by atoms with Crippen LogP contribution in [-0.4, -0.2) is 5.96 Å². The molecule has 1 heterocycles. The van der Waals surface area contributed by atoms with Gasteiger partial charge in [0.05, 0.1) is 11.3 Å². The molecule has 0 unspecified atom stereocenters. The van der Waals surface area contributed by atoms with Gasteiger partial charge in [-0.1, -0.05) is 23.7 Å². The number of rotatable bonds is 1. The van der Waals surface area contributed by atoms with Crippen LogP contribution < -0.4 is 10.6 Å². The molecular weight excluding hydrogens is 315 g/mol. The van der Waals surface area contributed by atoms with E-state index in [0.717, 1.165) is 17.7 Å². The number of nitrogens with zero attached hydrogens (tertiary/aromatic N) is 1. The molecule has 0 radical (unpaired) electrons. The Morgan fingerprint density at radius 3 is 2.68 bits per heavy atom. The first-order valence-corrected chi connectivity index (χ1v) is 6.85. The largest absolute Gasteiger partial charge is 0.416 e. The summed E-state index contributed by atoms with van der Waals surface area (Å²) in [6.45, 7) is 0.458. The molecule has 22 heavy (non-hydrogen) atoms. The first kappa shape index (κ1) is 14.7. The molecule has 0 atom stereocenters. The molecule has 0 saturated heterocycles. The molecular formula is C15H11ClF3N3. The van der Waals surface area contributed by atoms with Crippen LogP contribution in [0.1, 0.15) is 11.1 Å². The van der Waals surface area contributed by atoms with Crippen molar-refractivity contribution < 1.29 is 13.2 Å². The van der Waals surface area contributed by atoms with Crippen molar-refractivity contribution in [3.05, 3.63) is 58.6 Å². The zero-order valence-corrected chi connectivity index (χ0v) is 12.0. The zero-order valence-electron chi connectivity index (χ0n) is 11.2. The smallest absolute Gasteiger partial charge is 0.352 e. The van der Waals surface area contributed by atoms with Crippen molar-refractivity contribution >= 4 is 28.9 Å². The van der Waals surface area contributed by atoms with Crippen molar-refractivity contribution in [2.45, 2.75) is 12.7 Å². The Kier molecular flexibility index (Phi) is 3.70. The monoisotopic (exact) mass is 325 g/mol. The van der Waals surface area contributed by atoms with E-state index in [4.69, 9.17) is 11.6 Å². The van der Waals surface area contributed by atoms with E-state index in [1.165, 1.54) is 6.07 Å². The molecule has 3 rings (SSSR count). The van der Waals surface area contributed by atoms with Gasteiger partial charge in [-0.15, -0.1) is 0 Å². The van der Waals surface area contributed by atoms with Crippen LogP contribution in [-0.2, 0) is 12.7 Å². The summed E-state index contributed by atoms with van der Waals surface area (Å²) in [6.07, 6.45) is -4.38. The number of alkyl halides is 3. The van der Waals surface area contributed by atoms with Crippen LogP contribution in [0.2, 0.25) is 5.02 Å². The van der Waals surface area contributed by atoms with E-state index >= 15 is 0 Å². The number of hydrogen-bond acceptors (Lipinski definition) is 3. The van der Waals surface area contributed by atoms with Gasteiger partial charge in [-0.2, -0.15) is 13.2 Å². The lowest BCUT2D eigenvalue weighted by molar-refractivity contribution is -0.137. The molecule has 2 N–H and O–H groups in total. The summed E-state index contributed by atoms with van der Waals surface area (Å²) in [6, 6.07) is 10.3. The Labute approximate surface area is 129 Å². The zero-order chi connectivity index (χ0) is 15.7. The van der Waals surface area contributed by atoms with Crippen LogP contribution in [0.4, 0.5) is 24.5 Å². The fraction of sp³-hybridized carbons (Fsp3) is 0.133. The second kappa shape index (κ2) is 5.53. The summed E-state index contributed by atoms with van der Waals surface area (Å²) >= 11 is 6.07. The van der Waals surface area contributed by atoms with Crippen LogP contribution in [0.15, 0.2) is 47.5 Å². The van der Waals surface area contributed by atoms with E-state index in [-0.39, 0.29) is 0 Å². The first-order valence-electron chi connectivity index (χ1n) is 6.48. The van der Waals surface area contributed by atoms with Gasteiger partial charge in [0.15, 0.2) is 0 Å². The number of hydrogen-bond donors (Lipinski definition) is 2. The summed E-state index contributed by atoms with van der Waals surface area (Å²) in [5, 5.41) is 6.45. The van der Waals surface area contributed by atoms with Gasteiger partial charge in [0.25, 0.3) is 0 Å². The number of nitrogens with one attached hydrogen (secondary N) is 2. The second-order valence-electron chi connectivity index (χ2n) is 4.76. The topological polar surface area (TPSA) is 36.4 Å². The third kappa shape index (κ3) is 3.01. The molecule has 1 aliphatic rings. The predicted molar refractivity (Wildman–Crippen MR) is 80.5 cm³/mol. The Balaban J connectivity index is 1.86. The van der Waals surface area contributed by atoms with Crippen molar-refractivity contribution in [2.24, 2.45) is 4.99 Å². The number of halogens is 4. The average Bonchev–Trinajstić information content (AvgIpc) is 2.47. The van der Waals surface area contributed by atoms with Gasteiger partial charge < -0.3 is 10.6 Å². The molecule has 0 fully saturated rings. The highest BCUT2D eigenvalue weighted by Gasteiger charge is 2.30. The van der Waals surface area contributed by atoms with Crippen LogP contribution in [0.25, 0.3) is 0 Å². The fourth-order valence-corrected chi connectivity index (χ4v) is 2.38. The SMILES string of the molecule is FC(F)(F)c1cccc(NC2=Nc3cccc(Cl)c3CN2)c1. The van der Waals surface area contributed by atoms with Crippen molar-refractivity contribution in [3.8, 4) is 0 Å². The molecule has 0 bridgehead atoms. The molecule has 1 aliphatic heterocycles. The Hall–Kier alpha value is -2.21. The lowest BCUT2D eigenvalue weighted by atomic mass is 10.1. The minimum absolute atomic E-state index is 0.312. The van der Waals surface area contributed by atoms with E-state index in [0.29, 0.717) is 28.9 Å². The maximum atomic E-state index is 12.7. The highest BCUT2D eigenvalue weighted by Crippen LogP contribution is 2.31. The van der Waals surface area contributed by atoms with Gasteiger partial charge in [-0.05, 0) is 30.3 Å². The van der Waals surface area contributed by atoms with E-state index in [1.807, 2.05) is 0 Å². The third-order valence-corrected chi connectivity index (χ3v) is 3.57. The number of aliphatic imine (C=N–C) groups is 1. The standard InChI is InChI=1S/C15H11ClF3N3/c16-12-5-2-6-13-11(12)8-20-14(22-13)21-10-4-1-3-9(7-10)15(17,18)19/h1-7H,8H2,(H2,20,21,22). The van der Waals surface area contributed by atoms with E-state index in [1.54, 1.807) is 24.3 Å². The number of benzene rings is 2. The van der Waals surface area contributed by atoms with Gasteiger partial charge in [-0.3, -0.25) is 0 Å². The van der Waals surface area contributed by atoms with E-state index < -0.39 is 11.7 Å². The molecule has 114 valence electrons. The summed E-state index contributed by atoms with van der Waals surface area (Å²) < 4.78 is 38.1. The highest BCUT2D eigenvalue weighted by atomic mass is 35.5. The molecule has 2 aromatic rings. The molecule has 7 heteroatoms. The van der Waals surface area contributed by atoms with Gasteiger partial charge >= 0.3 is 6.18 Å². The minimum atomic E-state index is -4.38. The Bertz CT molecular complexity index is 741. The van der Waals surface area contributed by atoms with E-state index in [2.05, 4.69) is 15.6 Å². The summed E-state index contributed by atoms with van der Waals surface area (Å²) in [7, 11) is 0. The van der Waals surface area contributed by atoms with Crippen molar-refractivity contribution in [3.63, 3.8) is 0 Å². The van der Waals surface area contributed by atoms with Crippen molar-refractivity contribution in [2.75, 3.05) is 5.32 Å². The summed E-state index contributed by atoms with van der Waals surface area (Å²) in [5.41, 5.74) is 1.16. The van der Waals surface area contributed by atoms with Crippen molar-refractivity contribution in [1.29, 1.82) is 0 Å². The molecule has 3 nitrogen and oxygen atoms in total. The van der Waals surface area contributed by atoms with E-state index in [9.17, 15) is 13.2 Å². The van der Waals surface area contributed by atoms with Crippen LogP contribution in [0, 0.1) is 0 Å². The normalized spacial score (nSPS) is 13.9. The number of guanidine groups is 1. The number of anilines is 1. The molecule has 0 spiro atoms. The Morgan fingerprint density at radius 1 is 1.14 bits per heavy atom. The Morgan fingerprint density at radius 2 is 1.91 bits per heavy atom. The molecule has 0 amide bonds. The fourth-order valence-electron chi connectivity index (χ4n) is 2.14. The lowest BCUT2D eigenvalue weighted by Gasteiger charge is -2.20. The van der Waals surface area contributed by atoms with Crippen molar-refractivity contribution in [1.82, 2.24) is 5.32 Å². The predicted octanol–water partition coefficient (Wildman–Crippen LogP) is 4.56. The van der Waals surface area contributed by atoms with Gasteiger partial charge in [-0.25, -0.2) is 4.99 Å². The second-order valence-corrected chi connectivity index (χ2v) is 5.16. The van der Waals surface area contributed by atoms with Gasteiger partial charge in [0, 0.05) is 22.8 Å². The quantitative estimate of drug-likeness (QED) is 0.806. The molecule has 0 aromatic heterocycles. The third-order valence-electron chi connectivity index (χ3n) is 3.21. The minimum Gasteiger partial charge on any atom is -0.352 e. The first-order chi connectivity index (χ1) is 10.4. The highest BCUT2D eigenvalue weighted by molar-refractivity contribution is 6.31. The maximum absolute atomic E-state index is 12.7. The van der Waals surface area contributed by atoms with Gasteiger partial charge in [0.1, 0.15) is 0 Å². The molecule has 2 aromatic carbocycles. The lowest BCUT2D eigenvalue weighted by Crippen LogP contribution is -2.32. The van der Waals surface area contributed by atoms with Crippen LogP contribution in [0.3, 0.4) is 0 Å². The summed E-state index contributed by atoms with van der Waals surface area (Å²) in [5.74, 6) is 0.383. The van der Waals surface area contributed by atoms with Crippen LogP contribution in [0.5, 0.6) is 0 Å². The van der Waals surface area contributed by atoms with Crippen LogP contribution >= 0.6 is 11.6 Å². The summed E-state index contributed by atoms with van der Waals surface area (Å²) in [4.78, 5) is 4.32. The average molecular weight is 326 g/mol. The number of fused-ring (bicyclic) bond motifs is 1. The van der Waals surface area contributed by atoms with Gasteiger partial charge in [0.2, 0.25) is 5.96 Å². The molecule has 0 aliphatic carbocycles. The maximum Gasteiger partial charge on any atom is 0.416 e. The molecule has 0 saturated carbocycles.